The van der Waals surface area contributed by atoms with Crippen molar-refractivity contribution < 1.29 is 9.47 Å². The molecular weight excluding hydrogens is 178 g/mol. The van der Waals surface area contributed by atoms with Crippen LogP contribution in [-0.2, 0) is 11.3 Å². The molecule has 1 heterocycles. The van der Waals surface area contributed by atoms with Crippen LogP contribution in [0.1, 0.15) is 24.1 Å². The van der Waals surface area contributed by atoms with Crippen molar-refractivity contribution in [2.24, 2.45) is 5.73 Å². The highest BCUT2D eigenvalue weighted by molar-refractivity contribution is 5.42. The van der Waals surface area contributed by atoms with E-state index in [1.54, 1.807) is 7.11 Å². The minimum Gasteiger partial charge on any atom is -0.496 e. The van der Waals surface area contributed by atoms with Crippen molar-refractivity contribution in [3.63, 3.8) is 0 Å². The fraction of sp³-hybridized carbons (Fsp3) is 0.455. The summed E-state index contributed by atoms with van der Waals surface area (Å²) in [5.41, 5.74) is 8.26. The van der Waals surface area contributed by atoms with E-state index < -0.39 is 0 Å². The van der Waals surface area contributed by atoms with Crippen molar-refractivity contribution in [3.8, 4) is 5.75 Å². The number of ether oxygens (including phenoxy) is 2. The van der Waals surface area contributed by atoms with Crippen molar-refractivity contribution in [1.29, 1.82) is 0 Å². The van der Waals surface area contributed by atoms with Crippen LogP contribution < -0.4 is 10.5 Å². The molecule has 0 saturated carbocycles. The molecular formula is C11H15NO2. The molecule has 2 N–H and O–H groups in total. The van der Waals surface area contributed by atoms with Crippen LogP contribution in [0.2, 0.25) is 0 Å². The molecule has 0 bridgehead atoms. The lowest BCUT2D eigenvalue weighted by molar-refractivity contribution is 0.0201. The number of rotatable bonds is 1. The fourth-order valence-corrected chi connectivity index (χ4v) is 1.81. The van der Waals surface area contributed by atoms with Gasteiger partial charge in [-0.05, 0) is 18.6 Å². The predicted octanol–water partition coefficient (Wildman–Crippen LogP) is 1.61. The van der Waals surface area contributed by atoms with Gasteiger partial charge in [-0.15, -0.1) is 0 Å². The van der Waals surface area contributed by atoms with Crippen molar-refractivity contribution in [1.82, 2.24) is 0 Å². The predicted molar refractivity (Wildman–Crippen MR) is 54.2 cm³/mol. The molecule has 1 aliphatic rings. The van der Waals surface area contributed by atoms with Crippen molar-refractivity contribution in [3.05, 3.63) is 29.3 Å². The highest BCUT2D eigenvalue weighted by Crippen LogP contribution is 2.33. The van der Waals surface area contributed by atoms with Crippen LogP contribution >= 0.6 is 0 Å². The second-order valence-corrected chi connectivity index (χ2v) is 3.57. The first kappa shape index (κ1) is 9.49. The molecule has 3 nitrogen and oxygen atoms in total. The number of nitrogens with two attached hydrogens (primary N) is 1. The van der Waals surface area contributed by atoms with Gasteiger partial charge in [0.2, 0.25) is 0 Å². The first-order valence-corrected chi connectivity index (χ1v) is 4.77. The van der Waals surface area contributed by atoms with Crippen LogP contribution in [0, 0.1) is 0 Å². The number of benzene rings is 1. The Morgan fingerprint density at radius 2 is 2.29 bits per heavy atom. The highest BCUT2D eigenvalue weighted by atomic mass is 16.5. The zero-order valence-corrected chi connectivity index (χ0v) is 8.49. The molecule has 2 atom stereocenters. The van der Waals surface area contributed by atoms with Crippen LogP contribution in [0.15, 0.2) is 18.2 Å². The minimum atomic E-state index is -0.0474. The lowest BCUT2D eigenvalue weighted by Crippen LogP contribution is -2.31. The molecule has 0 aromatic heterocycles. The van der Waals surface area contributed by atoms with Gasteiger partial charge in [-0.2, -0.15) is 0 Å². The van der Waals surface area contributed by atoms with E-state index in [9.17, 15) is 0 Å². The molecule has 14 heavy (non-hydrogen) atoms. The Hall–Kier alpha value is -1.06. The molecule has 0 unspecified atom stereocenters. The van der Waals surface area contributed by atoms with Crippen LogP contribution in [0.4, 0.5) is 0 Å². The molecule has 2 rings (SSSR count). The number of hydrogen-bond acceptors (Lipinski definition) is 3. The molecule has 1 aromatic carbocycles. The molecule has 3 heteroatoms. The van der Waals surface area contributed by atoms with E-state index >= 15 is 0 Å². The molecule has 0 fully saturated rings. The third-order valence-corrected chi connectivity index (χ3v) is 2.74. The Labute approximate surface area is 83.8 Å². The fourth-order valence-electron chi connectivity index (χ4n) is 1.81. The highest BCUT2D eigenvalue weighted by Gasteiger charge is 2.25. The lowest BCUT2D eigenvalue weighted by Gasteiger charge is -2.29. The average molecular weight is 193 g/mol. The van der Waals surface area contributed by atoms with Crippen molar-refractivity contribution >= 4 is 0 Å². The van der Waals surface area contributed by atoms with Gasteiger partial charge >= 0.3 is 0 Å². The van der Waals surface area contributed by atoms with Crippen LogP contribution in [-0.4, -0.2) is 13.2 Å². The summed E-state index contributed by atoms with van der Waals surface area (Å²) in [5.74, 6) is 0.866. The van der Waals surface area contributed by atoms with Gasteiger partial charge in [-0.3, -0.25) is 0 Å². The van der Waals surface area contributed by atoms with Gasteiger partial charge < -0.3 is 15.2 Å². The largest absolute Gasteiger partial charge is 0.496 e. The summed E-state index contributed by atoms with van der Waals surface area (Å²) in [6.07, 6.45) is 0.0783. The Morgan fingerprint density at radius 1 is 1.50 bits per heavy atom. The van der Waals surface area contributed by atoms with E-state index in [1.807, 2.05) is 25.1 Å². The summed E-state index contributed by atoms with van der Waals surface area (Å²) in [6, 6.07) is 5.90. The topological polar surface area (TPSA) is 44.5 Å². The average Bonchev–Trinajstić information content (AvgIpc) is 2.23. The maximum Gasteiger partial charge on any atom is 0.124 e. The third-order valence-electron chi connectivity index (χ3n) is 2.74. The number of methoxy groups -OCH3 is 1. The SMILES string of the molecule is COc1cccc2c1CO[C@H](C)[C@@H]2N. The smallest absolute Gasteiger partial charge is 0.124 e. The van der Waals surface area contributed by atoms with E-state index in [1.165, 1.54) is 0 Å². The Kier molecular flexibility index (Phi) is 2.44. The van der Waals surface area contributed by atoms with E-state index in [0.717, 1.165) is 16.9 Å². The molecule has 0 aliphatic carbocycles. The van der Waals surface area contributed by atoms with Crippen molar-refractivity contribution in [2.75, 3.05) is 7.11 Å². The maximum atomic E-state index is 6.03. The zero-order valence-electron chi connectivity index (χ0n) is 8.49. The van der Waals surface area contributed by atoms with Crippen LogP contribution in [0.3, 0.4) is 0 Å². The summed E-state index contributed by atoms with van der Waals surface area (Å²) in [4.78, 5) is 0. The van der Waals surface area contributed by atoms with Gasteiger partial charge in [0.1, 0.15) is 5.75 Å². The first-order valence-electron chi connectivity index (χ1n) is 4.77. The number of hydrogen-bond donors (Lipinski definition) is 1. The molecule has 0 spiro atoms. The minimum absolute atomic E-state index is 0.0474. The standard InChI is InChI=1S/C11H15NO2/c1-7-11(12)8-4-3-5-10(13-2)9(8)6-14-7/h3-5,7,11H,6,12H2,1-2H3/t7-,11+/m1/s1. The van der Waals surface area contributed by atoms with E-state index in [0.29, 0.717) is 6.61 Å². The van der Waals surface area contributed by atoms with Gasteiger partial charge in [-0.1, -0.05) is 12.1 Å². The quantitative estimate of drug-likeness (QED) is 0.737. The van der Waals surface area contributed by atoms with Gasteiger partial charge in [0.25, 0.3) is 0 Å². The molecule has 76 valence electrons. The molecule has 1 aromatic rings. The molecule has 1 aliphatic heterocycles. The van der Waals surface area contributed by atoms with E-state index in [2.05, 4.69) is 0 Å². The lowest BCUT2D eigenvalue weighted by atomic mass is 9.95. The molecule has 0 amide bonds. The molecule has 0 radical (unpaired) electrons. The summed E-state index contributed by atoms with van der Waals surface area (Å²) in [7, 11) is 1.67. The summed E-state index contributed by atoms with van der Waals surface area (Å²) >= 11 is 0. The first-order chi connectivity index (χ1) is 6.74. The third kappa shape index (κ3) is 1.38. The molecule has 0 saturated heterocycles. The Balaban J connectivity index is 2.47. The second kappa shape index (κ2) is 3.59. The normalized spacial score (nSPS) is 25.6. The maximum absolute atomic E-state index is 6.03. The van der Waals surface area contributed by atoms with Crippen LogP contribution in [0.5, 0.6) is 5.75 Å². The monoisotopic (exact) mass is 193 g/mol. The number of fused-ring (bicyclic) bond motifs is 1. The van der Waals surface area contributed by atoms with Crippen LogP contribution in [0.25, 0.3) is 0 Å². The van der Waals surface area contributed by atoms with Gasteiger partial charge in [0.05, 0.1) is 25.9 Å². The second-order valence-electron chi connectivity index (χ2n) is 3.57. The van der Waals surface area contributed by atoms with Gasteiger partial charge in [0.15, 0.2) is 0 Å². The van der Waals surface area contributed by atoms with E-state index in [4.69, 9.17) is 15.2 Å². The van der Waals surface area contributed by atoms with E-state index in [-0.39, 0.29) is 12.1 Å². The summed E-state index contributed by atoms with van der Waals surface area (Å²) in [5, 5.41) is 0. The summed E-state index contributed by atoms with van der Waals surface area (Å²) in [6.45, 7) is 2.58. The van der Waals surface area contributed by atoms with Gasteiger partial charge in [0, 0.05) is 5.56 Å². The van der Waals surface area contributed by atoms with Gasteiger partial charge in [-0.25, -0.2) is 0 Å². The Bertz CT molecular complexity index is 338. The Morgan fingerprint density at radius 3 is 3.00 bits per heavy atom. The zero-order chi connectivity index (χ0) is 10.1. The van der Waals surface area contributed by atoms with Crippen molar-refractivity contribution in [2.45, 2.75) is 25.7 Å². The summed E-state index contributed by atoms with van der Waals surface area (Å²) < 4.78 is 10.8.